The lowest BCUT2D eigenvalue weighted by Crippen LogP contribution is -2.05. The highest BCUT2D eigenvalue weighted by atomic mass is 35.5. The highest BCUT2D eigenvalue weighted by molar-refractivity contribution is 5.86. The maximum Gasteiger partial charge on any atom is 0.356 e. The smallest absolute Gasteiger partial charge is 0.356 e. The van der Waals surface area contributed by atoms with E-state index in [9.17, 15) is 4.79 Å². The first kappa shape index (κ1) is 11.5. The predicted octanol–water partition coefficient (Wildman–Crippen LogP) is 1.47. The molecular weight excluding hydrogens is 218 g/mol. The summed E-state index contributed by atoms with van der Waals surface area (Å²) < 4.78 is 1.49. The van der Waals surface area contributed by atoms with Crippen molar-refractivity contribution >= 4 is 24.0 Å². The number of carboxylic acid groups (broad SMARTS) is 1. The first-order valence-corrected chi connectivity index (χ1v) is 4.15. The quantitative estimate of drug-likeness (QED) is 0.801. The van der Waals surface area contributed by atoms with E-state index in [4.69, 9.17) is 5.11 Å². The second-order valence-corrected chi connectivity index (χ2v) is 3.17. The van der Waals surface area contributed by atoms with Crippen molar-refractivity contribution in [3.63, 3.8) is 0 Å². The SMILES string of the molecule is Cc1cn2nc(C(=O)O)cc(C)c2n1.Cl. The van der Waals surface area contributed by atoms with Gasteiger partial charge in [0.1, 0.15) is 0 Å². The molecule has 1 N–H and O–H groups in total. The van der Waals surface area contributed by atoms with E-state index in [1.807, 2.05) is 13.8 Å². The summed E-state index contributed by atoms with van der Waals surface area (Å²) in [5.74, 6) is -1.03. The van der Waals surface area contributed by atoms with Gasteiger partial charge in [0.15, 0.2) is 11.3 Å². The van der Waals surface area contributed by atoms with E-state index >= 15 is 0 Å². The Kier molecular flexibility index (Phi) is 2.95. The minimum absolute atomic E-state index is 0. The topological polar surface area (TPSA) is 67.5 Å². The number of carboxylic acids is 1. The molecule has 2 rings (SSSR count). The molecule has 0 aliphatic rings. The molecule has 2 aromatic heterocycles. The fraction of sp³-hybridized carbons (Fsp3) is 0.222. The molecule has 2 aromatic rings. The number of hydrogen-bond donors (Lipinski definition) is 1. The van der Waals surface area contributed by atoms with Gasteiger partial charge in [0.25, 0.3) is 0 Å². The summed E-state index contributed by atoms with van der Waals surface area (Å²) >= 11 is 0. The molecule has 0 bridgehead atoms. The lowest BCUT2D eigenvalue weighted by atomic mass is 10.3. The number of hydrogen-bond acceptors (Lipinski definition) is 3. The van der Waals surface area contributed by atoms with Gasteiger partial charge in [-0.3, -0.25) is 0 Å². The zero-order valence-corrected chi connectivity index (χ0v) is 9.08. The monoisotopic (exact) mass is 227 g/mol. The average molecular weight is 228 g/mol. The standard InChI is InChI=1S/C9H9N3O2.ClH/c1-5-3-7(9(13)14)11-12-4-6(2)10-8(5)12;/h3-4H,1-2H3,(H,13,14);1H. The van der Waals surface area contributed by atoms with E-state index in [0.717, 1.165) is 11.3 Å². The van der Waals surface area contributed by atoms with E-state index < -0.39 is 5.97 Å². The van der Waals surface area contributed by atoms with Crippen molar-refractivity contribution in [2.24, 2.45) is 0 Å². The zero-order valence-electron chi connectivity index (χ0n) is 8.26. The Morgan fingerprint density at radius 1 is 1.47 bits per heavy atom. The van der Waals surface area contributed by atoms with Crippen molar-refractivity contribution in [1.29, 1.82) is 0 Å². The van der Waals surface area contributed by atoms with Crippen molar-refractivity contribution < 1.29 is 9.90 Å². The molecule has 0 saturated carbocycles. The van der Waals surface area contributed by atoms with Crippen LogP contribution in [0.25, 0.3) is 5.65 Å². The first-order valence-electron chi connectivity index (χ1n) is 4.15. The summed E-state index contributed by atoms with van der Waals surface area (Å²) in [6.07, 6.45) is 1.70. The van der Waals surface area contributed by atoms with Gasteiger partial charge in [-0.15, -0.1) is 12.4 Å². The minimum atomic E-state index is -1.03. The Balaban J connectivity index is 0.00000112. The molecule has 0 spiro atoms. The van der Waals surface area contributed by atoms with Gasteiger partial charge in [-0.05, 0) is 25.5 Å². The van der Waals surface area contributed by atoms with E-state index in [-0.39, 0.29) is 18.1 Å². The molecule has 0 saturated heterocycles. The van der Waals surface area contributed by atoms with Crippen molar-refractivity contribution in [2.45, 2.75) is 13.8 Å². The van der Waals surface area contributed by atoms with Crippen molar-refractivity contribution in [2.75, 3.05) is 0 Å². The van der Waals surface area contributed by atoms with Crippen LogP contribution in [0.1, 0.15) is 21.7 Å². The Hall–Kier alpha value is -1.62. The summed E-state index contributed by atoms with van der Waals surface area (Å²) in [4.78, 5) is 14.9. The number of nitrogens with zero attached hydrogens (tertiary/aromatic N) is 3. The first-order chi connectivity index (χ1) is 6.58. The van der Waals surface area contributed by atoms with Gasteiger partial charge >= 0.3 is 5.97 Å². The van der Waals surface area contributed by atoms with Crippen LogP contribution in [-0.2, 0) is 0 Å². The molecule has 0 aliphatic heterocycles. The largest absolute Gasteiger partial charge is 0.476 e. The maximum absolute atomic E-state index is 10.7. The summed E-state index contributed by atoms with van der Waals surface area (Å²) in [6.45, 7) is 3.66. The Bertz CT molecular complexity index is 521. The minimum Gasteiger partial charge on any atom is -0.476 e. The zero-order chi connectivity index (χ0) is 10.3. The highest BCUT2D eigenvalue weighted by Gasteiger charge is 2.09. The average Bonchev–Trinajstić information content (AvgIpc) is 2.45. The van der Waals surface area contributed by atoms with Crippen molar-refractivity contribution in [1.82, 2.24) is 14.6 Å². The van der Waals surface area contributed by atoms with Crippen LogP contribution in [0.15, 0.2) is 12.3 Å². The Morgan fingerprint density at radius 2 is 2.13 bits per heavy atom. The van der Waals surface area contributed by atoms with Crippen LogP contribution >= 0.6 is 12.4 Å². The van der Waals surface area contributed by atoms with E-state index in [1.165, 1.54) is 10.6 Å². The van der Waals surface area contributed by atoms with Crippen LogP contribution < -0.4 is 0 Å². The third-order valence-corrected chi connectivity index (χ3v) is 1.95. The van der Waals surface area contributed by atoms with E-state index in [1.54, 1.807) is 6.20 Å². The number of aryl methyl sites for hydroxylation is 2. The third-order valence-electron chi connectivity index (χ3n) is 1.95. The number of rotatable bonds is 1. The van der Waals surface area contributed by atoms with Gasteiger partial charge in [0.2, 0.25) is 0 Å². The second kappa shape index (κ2) is 3.86. The molecule has 15 heavy (non-hydrogen) atoms. The van der Waals surface area contributed by atoms with Gasteiger partial charge in [0, 0.05) is 0 Å². The third kappa shape index (κ3) is 1.92. The van der Waals surface area contributed by atoms with Gasteiger partial charge in [-0.25, -0.2) is 14.3 Å². The summed E-state index contributed by atoms with van der Waals surface area (Å²) in [5.41, 5.74) is 2.37. The number of aromatic nitrogens is 3. The van der Waals surface area contributed by atoms with Crippen LogP contribution in [0.5, 0.6) is 0 Å². The van der Waals surface area contributed by atoms with Gasteiger partial charge in [0.05, 0.1) is 11.9 Å². The molecule has 0 radical (unpaired) electrons. The summed E-state index contributed by atoms with van der Waals surface area (Å²) in [6, 6.07) is 1.52. The Morgan fingerprint density at radius 3 is 2.73 bits per heavy atom. The normalized spacial score (nSPS) is 10.0. The predicted molar refractivity (Wildman–Crippen MR) is 56.7 cm³/mol. The number of imidazole rings is 1. The number of halogens is 1. The van der Waals surface area contributed by atoms with Gasteiger partial charge < -0.3 is 5.11 Å². The van der Waals surface area contributed by atoms with E-state index in [2.05, 4.69) is 10.1 Å². The Labute approximate surface area is 92.2 Å². The van der Waals surface area contributed by atoms with Crippen molar-refractivity contribution in [3.8, 4) is 0 Å². The number of aromatic carboxylic acids is 1. The fourth-order valence-electron chi connectivity index (χ4n) is 1.35. The van der Waals surface area contributed by atoms with Gasteiger partial charge in [-0.1, -0.05) is 0 Å². The van der Waals surface area contributed by atoms with Crippen molar-refractivity contribution in [3.05, 3.63) is 29.2 Å². The molecule has 0 atom stereocenters. The lowest BCUT2D eigenvalue weighted by molar-refractivity contribution is 0.0688. The highest BCUT2D eigenvalue weighted by Crippen LogP contribution is 2.10. The molecule has 80 valence electrons. The molecule has 2 heterocycles. The molecule has 0 amide bonds. The fourth-order valence-corrected chi connectivity index (χ4v) is 1.35. The maximum atomic E-state index is 10.7. The van der Waals surface area contributed by atoms with Crippen LogP contribution in [0, 0.1) is 13.8 Å². The molecule has 0 aromatic carbocycles. The molecular formula is C9H10ClN3O2. The second-order valence-electron chi connectivity index (χ2n) is 3.17. The van der Waals surface area contributed by atoms with Gasteiger partial charge in [-0.2, -0.15) is 5.10 Å². The lowest BCUT2D eigenvalue weighted by Gasteiger charge is -1.98. The molecule has 0 fully saturated rings. The molecule has 6 heteroatoms. The molecule has 0 aliphatic carbocycles. The number of carbonyl (C=O) groups is 1. The van der Waals surface area contributed by atoms with Crippen LogP contribution in [0.4, 0.5) is 0 Å². The van der Waals surface area contributed by atoms with Crippen LogP contribution in [-0.4, -0.2) is 25.7 Å². The number of fused-ring (bicyclic) bond motifs is 1. The molecule has 0 unspecified atom stereocenters. The summed E-state index contributed by atoms with van der Waals surface area (Å²) in [7, 11) is 0. The summed E-state index contributed by atoms with van der Waals surface area (Å²) in [5, 5.41) is 12.7. The van der Waals surface area contributed by atoms with Crippen LogP contribution in [0.3, 0.4) is 0 Å². The molecule has 5 nitrogen and oxygen atoms in total. The van der Waals surface area contributed by atoms with E-state index in [0.29, 0.717) is 5.65 Å². The van der Waals surface area contributed by atoms with Crippen LogP contribution in [0.2, 0.25) is 0 Å².